The molecule has 6 rings (SSSR count). The van der Waals surface area contributed by atoms with Crippen LogP contribution in [0.25, 0.3) is 22.5 Å². The van der Waals surface area contributed by atoms with Gasteiger partial charge in [-0.1, -0.05) is 93.7 Å². The summed E-state index contributed by atoms with van der Waals surface area (Å²) in [5, 5.41) is 23.5. The third-order valence-electron chi connectivity index (χ3n) is 7.18. The number of hydrogen-bond acceptors (Lipinski definition) is 10. The number of thiazole rings is 2. The Hall–Kier alpha value is -3.82. The number of nitrogen functional groups attached to an aromatic ring is 1. The van der Waals surface area contributed by atoms with E-state index in [2.05, 4.69) is 63.9 Å². The van der Waals surface area contributed by atoms with E-state index < -0.39 is 11.9 Å². The van der Waals surface area contributed by atoms with E-state index in [-0.39, 0.29) is 18.6 Å². The Morgan fingerprint density at radius 1 is 0.714 bits per heavy atom. The Morgan fingerprint density at radius 2 is 1.20 bits per heavy atom. The van der Waals surface area contributed by atoms with Gasteiger partial charge >= 0.3 is 11.9 Å². The molecule has 5 N–H and O–H groups in total. The fraction of sp³-hybridized carbons (Fsp3) is 0.231. The minimum Gasteiger partial charge on any atom is -0.478 e. The maximum atomic E-state index is 11.1. The zero-order chi connectivity index (χ0) is 40.4. The van der Waals surface area contributed by atoms with E-state index in [1.807, 2.05) is 24.3 Å². The molecular formula is C39H39BrCl4N6O4S2. The van der Waals surface area contributed by atoms with Crippen molar-refractivity contribution in [2.24, 2.45) is 11.8 Å². The van der Waals surface area contributed by atoms with Crippen LogP contribution in [0.3, 0.4) is 0 Å². The average Bonchev–Trinajstić information content (AvgIpc) is 3.68. The Bertz CT molecular complexity index is 2290. The number of carboxylic acids is 2. The number of nitrogens with two attached hydrogens (primary N) is 1. The zero-order valence-corrected chi connectivity index (χ0v) is 36.0. The van der Waals surface area contributed by atoms with Crippen molar-refractivity contribution in [2.75, 3.05) is 11.1 Å². The lowest BCUT2D eigenvalue weighted by Crippen LogP contribution is -1.99. The monoisotopic (exact) mass is 938 g/mol. The minimum absolute atomic E-state index is 0. The highest BCUT2D eigenvalue weighted by atomic mass is 79.9. The molecule has 0 radical (unpaired) electrons. The van der Waals surface area contributed by atoms with Crippen LogP contribution in [-0.4, -0.2) is 42.1 Å². The third kappa shape index (κ3) is 13.7. The molecule has 6 aromatic rings. The summed E-state index contributed by atoms with van der Waals surface area (Å²) in [7, 11) is 0. The van der Waals surface area contributed by atoms with E-state index in [0.717, 1.165) is 44.2 Å². The van der Waals surface area contributed by atoms with Crippen molar-refractivity contribution < 1.29 is 19.8 Å². The molecule has 0 spiro atoms. The van der Waals surface area contributed by atoms with Gasteiger partial charge in [-0.2, -0.15) is 0 Å². The second kappa shape index (κ2) is 21.6. The van der Waals surface area contributed by atoms with E-state index in [1.165, 1.54) is 46.9 Å². The number of aromatic nitrogens is 4. The molecule has 0 atom stereocenters. The van der Waals surface area contributed by atoms with Gasteiger partial charge in [0.05, 0.1) is 60.2 Å². The summed E-state index contributed by atoms with van der Waals surface area (Å²) in [6, 6.07) is 14.0. The van der Waals surface area contributed by atoms with E-state index in [9.17, 15) is 9.59 Å². The molecule has 0 saturated heterocycles. The van der Waals surface area contributed by atoms with Gasteiger partial charge in [-0.15, -0.1) is 22.7 Å². The molecule has 17 heteroatoms. The molecule has 0 aliphatic rings. The van der Waals surface area contributed by atoms with Crippen LogP contribution in [0.15, 0.2) is 77.2 Å². The topological polar surface area (TPSA) is 164 Å². The zero-order valence-electron chi connectivity index (χ0n) is 29.8. The first-order chi connectivity index (χ1) is 26.0. The van der Waals surface area contributed by atoms with E-state index in [0.29, 0.717) is 48.4 Å². The average molecular weight is 942 g/mol. The first-order valence-corrected chi connectivity index (χ1v) is 20.4. The third-order valence-corrected chi connectivity index (χ3v) is 11.2. The maximum absolute atomic E-state index is 11.1. The predicted octanol–water partition coefficient (Wildman–Crippen LogP) is 13.2. The SMILES string of the molecule is C.CC(C)Cc1sc(Br)nc1-c1ccc(Cl)c(Cl)c1.CC(C)Cc1sc(Nc2cncc(C(=O)O)c2)nc1-c1ccc(Cl)c(Cl)c1.Nc1cncc(C(=O)O)c1. The number of carbonyl (C=O) groups is 2. The molecule has 0 aliphatic carbocycles. The van der Waals surface area contributed by atoms with Crippen molar-refractivity contribution in [3.8, 4) is 22.5 Å². The number of aromatic carboxylic acids is 2. The summed E-state index contributed by atoms with van der Waals surface area (Å²) < 4.78 is 0.902. The molecule has 56 heavy (non-hydrogen) atoms. The lowest BCUT2D eigenvalue weighted by Gasteiger charge is -2.06. The summed E-state index contributed by atoms with van der Waals surface area (Å²) in [5.41, 5.74) is 10.2. The molecule has 0 amide bonds. The first kappa shape index (κ1) is 46.6. The van der Waals surface area contributed by atoms with E-state index >= 15 is 0 Å². The number of nitrogens with one attached hydrogen (secondary N) is 1. The Morgan fingerprint density at radius 3 is 1.66 bits per heavy atom. The van der Waals surface area contributed by atoms with Gasteiger partial charge in [-0.25, -0.2) is 19.6 Å². The fourth-order valence-electron chi connectivity index (χ4n) is 4.81. The molecule has 0 bridgehead atoms. The second-order valence-corrected chi connectivity index (χ2v) is 17.8. The quantitative estimate of drug-likeness (QED) is 0.104. The Balaban J connectivity index is 0.000000249. The van der Waals surface area contributed by atoms with Crippen LogP contribution in [0.1, 0.15) is 65.6 Å². The fourth-order valence-corrected chi connectivity index (χ4v) is 8.40. The van der Waals surface area contributed by atoms with Gasteiger partial charge in [0.2, 0.25) is 0 Å². The summed E-state index contributed by atoms with van der Waals surface area (Å²) in [4.78, 5) is 40.6. The van der Waals surface area contributed by atoms with Gasteiger partial charge in [0.1, 0.15) is 0 Å². The van der Waals surface area contributed by atoms with Crippen LogP contribution in [-0.2, 0) is 12.8 Å². The first-order valence-electron chi connectivity index (χ1n) is 16.5. The standard InChI is InChI=1S/C19H17Cl2N3O2S.C13H12BrCl2NS.C6H6N2O2.CH4/c1-10(2)5-16-17(11-3-4-14(20)15(21)7-11)24-19(27-16)23-13-6-12(18(25)26)8-22-9-13;1-7(2)5-11-12(17-13(14)18-11)8-3-4-9(15)10(16)6-8;7-5-1-4(6(9)10)2-8-3-5;/h3-4,6-10H,5H2,1-2H3,(H,23,24)(H,25,26);3-4,6-7H,5H2,1-2H3;1-3H,7H2,(H,9,10);1H4. The van der Waals surface area contributed by atoms with Gasteiger partial charge in [0, 0.05) is 39.5 Å². The van der Waals surface area contributed by atoms with Crippen LogP contribution in [0.2, 0.25) is 20.1 Å². The number of carboxylic acid groups (broad SMARTS) is 2. The summed E-state index contributed by atoms with van der Waals surface area (Å²) >= 11 is 30.9. The van der Waals surface area contributed by atoms with Crippen LogP contribution >= 0.6 is 85.0 Å². The number of pyridine rings is 2. The normalized spacial score (nSPS) is 10.6. The van der Waals surface area contributed by atoms with Crippen LogP contribution < -0.4 is 11.1 Å². The van der Waals surface area contributed by atoms with Crippen molar-refractivity contribution in [1.82, 2.24) is 19.9 Å². The van der Waals surface area contributed by atoms with Gasteiger partial charge in [-0.05, 0) is 77.0 Å². The molecule has 4 heterocycles. The highest BCUT2D eigenvalue weighted by molar-refractivity contribution is 9.11. The van der Waals surface area contributed by atoms with Crippen molar-refractivity contribution in [3.63, 3.8) is 0 Å². The van der Waals surface area contributed by atoms with Crippen molar-refractivity contribution in [3.05, 3.63) is 118 Å². The number of halogens is 5. The highest BCUT2D eigenvalue weighted by Gasteiger charge is 2.17. The number of benzene rings is 2. The smallest absolute Gasteiger partial charge is 0.337 e. The molecule has 0 saturated carbocycles. The van der Waals surface area contributed by atoms with Crippen molar-refractivity contribution in [1.29, 1.82) is 0 Å². The van der Waals surface area contributed by atoms with Gasteiger partial charge in [0.25, 0.3) is 0 Å². The molecule has 4 aromatic heterocycles. The highest BCUT2D eigenvalue weighted by Crippen LogP contribution is 2.37. The molecule has 0 aliphatic heterocycles. The number of hydrogen-bond donors (Lipinski definition) is 4. The largest absolute Gasteiger partial charge is 0.478 e. The van der Waals surface area contributed by atoms with Gasteiger partial charge < -0.3 is 21.3 Å². The minimum atomic E-state index is -1.03. The van der Waals surface area contributed by atoms with Gasteiger partial charge in [-0.3, -0.25) is 9.97 Å². The molecule has 0 fully saturated rings. The van der Waals surface area contributed by atoms with Gasteiger partial charge in [0.15, 0.2) is 9.05 Å². The molecule has 2 aromatic carbocycles. The molecule has 296 valence electrons. The summed E-state index contributed by atoms with van der Waals surface area (Å²) in [5.74, 6) is -0.988. The van der Waals surface area contributed by atoms with E-state index in [1.54, 1.807) is 29.7 Å². The second-order valence-electron chi connectivity index (χ2n) is 12.7. The van der Waals surface area contributed by atoms with E-state index in [4.69, 9.17) is 67.3 Å². The van der Waals surface area contributed by atoms with Crippen molar-refractivity contribution in [2.45, 2.75) is 48.0 Å². The molecule has 0 unspecified atom stereocenters. The summed E-state index contributed by atoms with van der Waals surface area (Å²) in [6.45, 7) is 8.69. The van der Waals surface area contributed by atoms with Crippen molar-refractivity contribution >= 4 is 113 Å². The molecule has 10 nitrogen and oxygen atoms in total. The predicted molar refractivity (Wildman–Crippen MR) is 237 cm³/mol. The van der Waals surface area contributed by atoms with Crippen LogP contribution in [0, 0.1) is 11.8 Å². The van der Waals surface area contributed by atoms with Crippen LogP contribution in [0.4, 0.5) is 16.5 Å². The number of nitrogens with zero attached hydrogens (tertiary/aromatic N) is 4. The Kier molecular flexibility index (Phi) is 18.0. The maximum Gasteiger partial charge on any atom is 0.337 e. The summed E-state index contributed by atoms with van der Waals surface area (Å²) in [6.07, 6.45) is 7.39. The number of anilines is 3. The Labute approximate surface area is 362 Å². The van der Waals surface area contributed by atoms with Crippen LogP contribution in [0.5, 0.6) is 0 Å². The number of rotatable bonds is 10. The lowest BCUT2D eigenvalue weighted by molar-refractivity contribution is 0.0685. The lowest BCUT2D eigenvalue weighted by atomic mass is 10.0. The molecular weight excluding hydrogens is 902 g/mol.